The van der Waals surface area contributed by atoms with Crippen LogP contribution in [0.2, 0.25) is 0 Å². The average molecular weight is 419 g/mol. The molecule has 5 heteroatoms. The number of rotatable bonds is 9. The molecule has 0 aliphatic heterocycles. The maximum atomic E-state index is 11.8. The second-order valence-corrected chi connectivity index (χ2v) is 7.74. The zero-order valence-electron chi connectivity index (χ0n) is 18.6. The van der Waals surface area contributed by atoms with Crippen molar-refractivity contribution in [3.63, 3.8) is 0 Å². The van der Waals surface area contributed by atoms with Gasteiger partial charge >= 0.3 is 0 Å². The van der Waals surface area contributed by atoms with Gasteiger partial charge in [0, 0.05) is 29.4 Å². The van der Waals surface area contributed by atoms with Gasteiger partial charge in [0.25, 0.3) is 0 Å². The lowest BCUT2D eigenvalue weighted by Gasteiger charge is -2.17. The van der Waals surface area contributed by atoms with Gasteiger partial charge in [0.05, 0.1) is 7.11 Å². The number of carbonyl (C=O) groups is 1. The molecule has 5 nitrogen and oxygen atoms in total. The molecular formula is C26H30N2O3. The summed E-state index contributed by atoms with van der Waals surface area (Å²) in [5.41, 5.74) is 5.08. The number of anilines is 2. The lowest BCUT2D eigenvalue weighted by atomic mass is 10.1. The summed E-state index contributed by atoms with van der Waals surface area (Å²) in [6.07, 6.45) is 0. The van der Waals surface area contributed by atoms with Crippen LogP contribution in [0.25, 0.3) is 0 Å². The van der Waals surface area contributed by atoms with E-state index in [-0.39, 0.29) is 11.8 Å². The van der Waals surface area contributed by atoms with E-state index in [4.69, 9.17) is 9.47 Å². The number of hydrogen-bond donors (Lipinski definition) is 2. The Bertz CT molecular complexity index is 1010. The monoisotopic (exact) mass is 418 g/mol. The Morgan fingerprint density at radius 3 is 2.26 bits per heavy atom. The van der Waals surface area contributed by atoms with Crippen molar-refractivity contribution < 1.29 is 14.3 Å². The van der Waals surface area contributed by atoms with E-state index in [1.54, 1.807) is 7.11 Å². The van der Waals surface area contributed by atoms with Crippen molar-refractivity contribution in [3.8, 4) is 11.5 Å². The van der Waals surface area contributed by atoms with Crippen molar-refractivity contribution in [2.75, 3.05) is 17.7 Å². The van der Waals surface area contributed by atoms with Crippen LogP contribution < -0.4 is 20.1 Å². The number of nitrogens with one attached hydrogen (secondary N) is 2. The first kappa shape index (κ1) is 22.2. The molecule has 0 aromatic heterocycles. The Kier molecular flexibility index (Phi) is 7.55. The number of hydrogen-bond acceptors (Lipinski definition) is 4. The van der Waals surface area contributed by atoms with Crippen LogP contribution in [0.15, 0.2) is 66.7 Å². The number of carbonyl (C=O) groups excluding carboxylic acids is 1. The molecule has 0 atom stereocenters. The maximum Gasteiger partial charge on any atom is 0.226 e. The second-order valence-electron chi connectivity index (χ2n) is 7.74. The molecular weight excluding hydrogens is 388 g/mol. The zero-order chi connectivity index (χ0) is 22.2. The molecule has 31 heavy (non-hydrogen) atoms. The predicted molar refractivity (Wildman–Crippen MR) is 126 cm³/mol. The second kappa shape index (κ2) is 10.5. The summed E-state index contributed by atoms with van der Waals surface area (Å²) < 4.78 is 11.7. The average Bonchev–Trinajstić information content (AvgIpc) is 2.78. The van der Waals surface area contributed by atoms with Crippen LogP contribution in [-0.4, -0.2) is 13.0 Å². The first-order valence-electron chi connectivity index (χ1n) is 10.5. The van der Waals surface area contributed by atoms with Crippen LogP contribution >= 0.6 is 0 Å². The van der Waals surface area contributed by atoms with E-state index in [9.17, 15) is 4.79 Å². The molecule has 162 valence electrons. The fourth-order valence-corrected chi connectivity index (χ4v) is 3.10. The van der Waals surface area contributed by atoms with Gasteiger partial charge in [-0.2, -0.15) is 0 Å². The third-order valence-electron chi connectivity index (χ3n) is 5.07. The van der Waals surface area contributed by atoms with Gasteiger partial charge in [-0.3, -0.25) is 4.79 Å². The maximum absolute atomic E-state index is 11.8. The van der Waals surface area contributed by atoms with Gasteiger partial charge in [-0.1, -0.05) is 50.2 Å². The molecule has 1 amide bonds. The van der Waals surface area contributed by atoms with E-state index in [2.05, 4.69) is 29.7 Å². The molecule has 3 aromatic carbocycles. The number of para-hydroxylation sites is 1. The minimum atomic E-state index is -0.0519. The molecule has 0 heterocycles. The third kappa shape index (κ3) is 6.01. The van der Waals surface area contributed by atoms with E-state index in [0.29, 0.717) is 18.9 Å². The van der Waals surface area contributed by atoms with E-state index < -0.39 is 0 Å². The van der Waals surface area contributed by atoms with Crippen LogP contribution in [-0.2, 0) is 17.9 Å². The largest absolute Gasteiger partial charge is 0.493 e. The van der Waals surface area contributed by atoms with Crippen LogP contribution in [0.4, 0.5) is 11.4 Å². The van der Waals surface area contributed by atoms with Gasteiger partial charge in [-0.25, -0.2) is 0 Å². The van der Waals surface area contributed by atoms with E-state index in [1.807, 2.05) is 68.4 Å². The smallest absolute Gasteiger partial charge is 0.226 e. The highest BCUT2D eigenvalue weighted by molar-refractivity contribution is 5.92. The Hall–Kier alpha value is -3.47. The number of aryl methyl sites for hydroxylation is 1. The highest BCUT2D eigenvalue weighted by atomic mass is 16.5. The first-order chi connectivity index (χ1) is 15.0. The highest BCUT2D eigenvalue weighted by Gasteiger charge is 2.12. The number of benzene rings is 3. The molecule has 0 aliphatic rings. The Balaban J connectivity index is 1.68. The predicted octanol–water partition coefficient (Wildman–Crippen LogP) is 5.79. The Morgan fingerprint density at radius 2 is 1.58 bits per heavy atom. The topological polar surface area (TPSA) is 59.6 Å². The Morgan fingerprint density at radius 1 is 0.903 bits per heavy atom. The summed E-state index contributed by atoms with van der Waals surface area (Å²) in [5, 5.41) is 6.32. The van der Waals surface area contributed by atoms with Crippen molar-refractivity contribution in [1.29, 1.82) is 0 Å². The molecule has 0 saturated heterocycles. The molecule has 3 aromatic rings. The third-order valence-corrected chi connectivity index (χ3v) is 5.07. The van der Waals surface area contributed by atoms with Crippen molar-refractivity contribution >= 4 is 17.3 Å². The summed E-state index contributed by atoms with van der Waals surface area (Å²) in [7, 11) is 1.65. The lowest BCUT2D eigenvalue weighted by molar-refractivity contribution is -0.118. The summed E-state index contributed by atoms with van der Waals surface area (Å²) in [6.45, 7) is 6.88. The van der Waals surface area contributed by atoms with Crippen molar-refractivity contribution in [1.82, 2.24) is 0 Å². The molecule has 0 bridgehead atoms. The minimum Gasteiger partial charge on any atom is -0.493 e. The zero-order valence-corrected chi connectivity index (χ0v) is 18.6. The van der Waals surface area contributed by atoms with Crippen LogP contribution in [0.3, 0.4) is 0 Å². The van der Waals surface area contributed by atoms with Gasteiger partial charge in [-0.15, -0.1) is 0 Å². The summed E-state index contributed by atoms with van der Waals surface area (Å²) in [6, 6.07) is 21.8. The quantitative estimate of drug-likeness (QED) is 0.462. The molecule has 3 rings (SSSR count). The van der Waals surface area contributed by atoms with Crippen molar-refractivity contribution in [2.24, 2.45) is 5.92 Å². The van der Waals surface area contributed by atoms with Crippen LogP contribution in [0.1, 0.15) is 30.5 Å². The van der Waals surface area contributed by atoms with Crippen LogP contribution in [0, 0.1) is 12.8 Å². The Labute approximate surface area is 184 Å². The molecule has 2 N–H and O–H groups in total. The lowest BCUT2D eigenvalue weighted by Crippen LogP contribution is -2.17. The first-order valence-corrected chi connectivity index (χ1v) is 10.5. The fourth-order valence-electron chi connectivity index (χ4n) is 3.10. The summed E-state index contributed by atoms with van der Waals surface area (Å²) in [4.78, 5) is 11.8. The van der Waals surface area contributed by atoms with Crippen molar-refractivity contribution in [3.05, 3.63) is 83.4 Å². The minimum absolute atomic E-state index is 0.00698. The van der Waals surface area contributed by atoms with Gasteiger partial charge < -0.3 is 20.1 Å². The summed E-state index contributed by atoms with van der Waals surface area (Å²) >= 11 is 0. The van der Waals surface area contributed by atoms with E-state index in [1.165, 1.54) is 5.56 Å². The molecule has 0 saturated carbocycles. The van der Waals surface area contributed by atoms with E-state index >= 15 is 0 Å². The standard InChI is InChI=1S/C26H30N2O3/c1-18(2)26(29)28-23-14-12-22(13-15-23)27-16-20-10-7-11-24(30-4)25(20)31-17-21-9-6-5-8-19(21)3/h5-15,18,27H,16-17H2,1-4H3,(H,28,29). The van der Waals surface area contributed by atoms with Gasteiger partial charge in [0.2, 0.25) is 5.91 Å². The van der Waals surface area contributed by atoms with Crippen LogP contribution in [0.5, 0.6) is 11.5 Å². The highest BCUT2D eigenvalue weighted by Crippen LogP contribution is 2.32. The number of methoxy groups -OCH3 is 1. The van der Waals surface area contributed by atoms with Gasteiger partial charge in [0.1, 0.15) is 6.61 Å². The molecule has 0 aliphatic carbocycles. The normalized spacial score (nSPS) is 10.6. The van der Waals surface area contributed by atoms with Crippen molar-refractivity contribution in [2.45, 2.75) is 33.9 Å². The molecule has 0 spiro atoms. The van der Waals surface area contributed by atoms with Gasteiger partial charge in [0.15, 0.2) is 11.5 Å². The number of ether oxygens (including phenoxy) is 2. The number of amides is 1. The molecule has 0 radical (unpaired) electrons. The van der Waals surface area contributed by atoms with Gasteiger partial charge in [-0.05, 0) is 48.4 Å². The molecule has 0 unspecified atom stereocenters. The summed E-state index contributed by atoms with van der Waals surface area (Å²) in [5.74, 6) is 1.40. The van der Waals surface area contributed by atoms with E-state index in [0.717, 1.165) is 28.3 Å². The fraction of sp³-hybridized carbons (Fsp3) is 0.269. The molecule has 0 fully saturated rings. The SMILES string of the molecule is COc1cccc(CNc2ccc(NC(=O)C(C)C)cc2)c1OCc1ccccc1C.